The van der Waals surface area contributed by atoms with Gasteiger partial charge in [-0.2, -0.15) is 4.98 Å². The third kappa shape index (κ3) is 3.21. The third-order valence-corrected chi connectivity index (χ3v) is 3.45. The van der Waals surface area contributed by atoms with Crippen molar-refractivity contribution in [2.45, 2.75) is 25.9 Å². The Morgan fingerprint density at radius 3 is 3.12 bits per heavy atom. The van der Waals surface area contributed by atoms with E-state index in [-0.39, 0.29) is 5.28 Å². The lowest BCUT2D eigenvalue weighted by molar-refractivity contribution is 0.0900. The van der Waals surface area contributed by atoms with Crippen LogP contribution in [0, 0.1) is 5.92 Å². The van der Waals surface area contributed by atoms with Gasteiger partial charge in [0.05, 0.1) is 12.3 Å². The van der Waals surface area contributed by atoms with Crippen LogP contribution < -0.4 is 5.32 Å². The van der Waals surface area contributed by atoms with E-state index in [1.54, 1.807) is 0 Å². The number of anilines is 1. The highest BCUT2D eigenvalue weighted by atomic mass is 35.5. The molecule has 1 aliphatic heterocycles. The fourth-order valence-electron chi connectivity index (χ4n) is 2.07. The Kier molecular flexibility index (Phi) is 4.42. The van der Waals surface area contributed by atoms with E-state index in [1.807, 2.05) is 0 Å². The maximum Gasteiger partial charge on any atom is 0.224 e. The average molecular weight is 276 g/mol. The first-order valence-corrected chi connectivity index (χ1v) is 6.49. The number of halogens is 2. The van der Waals surface area contributed by atoms with Crippen molar-refractivity contribution >= 4 is 29.0 Å². The molecule has 1 aromatic heterocycles. The maximum absolute atomic E-state index is 5.97. The summed E-state index contributed by atoms with van der Waals surface area (Å²) in [7, 11) is 0. The molecule has 0 radical (unpaired) electrons. The lowest BCUT2D eigenvalue weighted by Crippen LogP contribution is -2.23. The van der Waals surface area contributed by atoms with Crippen molar-refractivity contribution in [1.82, 2.24) is 9.97 Å². The standard InChI is InChI=1S/C11H15Cl2N3O/c1-2-9-7(3-4-17-9)5-14-10-8(12)6-15-11(13)16-10/h6-7,9H,2-5H2,1H3,(H,14,15,16). The summed E-state index contributed by atoms with van der Waals surface area (Å²) < 4.78 is 5.63. The zero-order chi connectivity index (χ0) is 12.3. The van der Waals surface area contributed by atoms with Gasteiger partial charge in [-0.05, 0) is 24.4 Å². The van der Waals surface area contributed by atoms with E-state index in [9.17, 15) is 0 Å². The minimum atomic E-state index is 0.201. The van der Waals surface area contributed by atoms with Crippen LogP contribution >= 0.6 is 23.2 Å². The predicted molar refractivity (Wildman–Crippen MR) is 68.7 cm³/mol. The molecule has 2 heterocycles. The normalized spacial score (nSPS) is 23.9. The molecule has 17 heavy (non-hydrogen) atoms. The van der Waals surface area contributed by atoms with Gasteiger partial charge < -0.3 is 10.1 Å². The first-order valence-electron chi connectivity index (χ1n) is 5.74. The van der Waals surface area contributed by atoms with E-state index in [1.165, 1.54) is 6.20 Å². The van der Waals surface area contributed by atoms with E-state index in [2.05, 4.69) is 22.2 Å². The maximum atomic E-state index is 5.97. The molecule has 0 spiro atoms. The molecule has 2 unspecified atom stereocenters. The van der Waals surface area contributed by atoms with Crippen LogP contribution in [0.25, 0.3) is 0 Å². The Hall–Kier alpha value is -0.580. The summed E-state index contributed by atoms with van der Waals surface area (Å²) in [6, 6.07) is 0. The number of nitrogens with zero attached hydrogens (tertiary/aromatic N) is 2. The predicted octanol–water partition coefficient (Wildman–Crippen LogP) is 3.01. The number of hydrogen-bond acceptors (Lipinski definition) is 4. The van der Waals surface area contributed by atoms with Crippen LogP contribution in [-0.4, -0.2) is 29.2 Å². The Morgan fingerprint density at radius 1 is 1.53 bits per heavy atom. The zero-order valence-electron chi connectivity index (χ0n) is 9.62. The molecule has 4 nitrogen and oxygen atoms in total. The molecule has 0 amide bonds. The summed E-state index contributed by atoms with van der Waals surface area (Å²) >= 11 is 11.7. The minimum Gasteiger partial charge on any atom is -0.378 e. The van der Waals surface area contributed by atoms with Crippen LogP contribution in [-0.2, 0) is 4.74 Å². The van der Waals surface area contributed by atoms with E-state index < -0.39 is 0 Å². The highest BCUT2D eigenvalue weighted by Gasteiger charge is 2.26. The third-order valence-electron chi connectivity index (χ3n) is 3.00. The number of hydrogen-bond donors (Lipinski definition) is 1. The van der Waals surface area contributed by atoms with Crippen LogP contribution in [0.4, 0.5) is 5.82 Å². The molecule has 0 saturated carbocycles. The van der Waals surface area contributed by atoms with Gasteiger partial charge in [0.15, 0.2) is 0 Å². The van der Waals surface area contributed by atoms with Gasteiger partial charge in [-0.25, -0.2) is 4.98 Å². The molecule has 0 bridgehead atoms. The van der Waals surface area contributed by atoms with Gasteiger partial charge in [0.25, 0.3) is 0 Å². The summed E-state index contributed by atoms with van der Waals surface area (Å²) in [4.78, 5) is 7.86. The van der Waals surface area contributed by atoms with Gasteiger partial charge in [-0.1, -0.05) is 18.5 Å². The number of rotatable bonds is 4. The summed E-state index contributed by atoms with van der Waals surface area (Å²) in [5.74, 6) is 1.10. The van der Waals surface area contributed by atoms with Gasteiger partial charge in [0.2, 0.25) is 5.28 Å². The quantitative estimate of drug-likeness (QED) is 0.859. The number of aromatic nitrogens is 2. The van der Waals surface area contributed by atoms with E-state index >= 15 is 0 Å². The smallest absolute Gasteiger partial charge is 0.224 e. The fraction of sp³-hybridized carbons (Fsp3) is 0.636. The van der Waals surface area contributed by atoms with Gasteiger partial charge in [0, 0.05) is 19.1 Å². The molecule has 1 fully saturated rings. The van der Waals surface area contributed by atoms with Crippen molar-refractivity contribution in [3.8, 4) is 0 Å². The van der Waals surface area contributed by atoms with Crippen molar-refractivity contribution in [3.63, 3.8) is 0 Å². The second-order valence-corrected chi connectivity index (χ2v) is 4.83. The molecular formula is C11H15Cl2N3O. The molecule has 1 aromatic rings. The number of ether oxygens (including phenoxy) is 1. The van der Waals surface area contributed by atoms with Gasteiger partial charge >= 0.3 is 0 Å². The molecule has 94 valence electrons. The lowest BCUT2D eigenvalue weighted by Gasteiger charge is -2.17. The zero-order valence-corrected chi connectivity index (χ0v) is 11.1. The van der Waals surface area contributed by atoms with E-state index in [0.717, 1.165) is 26.0 Å². The highest BCUT2D eigenvalue weighted by Crippen LogP contribution is 2.25. The molecule has 1 aliphatic rings. The van der Waals surface area contributed by atoms with Crippen LogP contribution in [0.2, 0.25) is 10.3 Å². The Labute approximate surface area is 111 Å². The summed E-state index contributed by atoms with van der Waals surface area (Å²) in [6.45, 7) is 3.77. The van der Waals surface area contributed by atoms with Crippen molar-refractivity contribution in [2.75, 3.05) is 18.5 Å². The first-order chi connectivity index (χ1) is 8.20. The SMILES string of the molecule is CCC1OCCC1CNc1nc(Cl)ncc1Cl. The second-order valence-electron chi connectivity index (χ2n) is 4.08. The largest absolute Gasteiger partial charge is 0.378 e. The molecule has 0 aliphatic carbocycles. The van der Waals surface area contributed by atoms with Crippen LogP contribution in [0.5, 0.6) is 0 Å². The molecule has 0 aromatic carbocycles. The first kappa shape index (κ1) is 12.9. The molecule has 2 atom stereocenters. The van der Waals surface area contributed by atoms with Gasteiger partial charge in [-0.3, -0.25) is 0 Å². The Bertz CT molecular complexity index is 389. The summed E-state index contributed by atoms with van der Waals surface area (Å²) in [5, 5.41) is 3.90. The summed E-state index contributed by atoms with van der Waals surface area (Å²) in [6.07, 6.45) is 3.94. The molecular weight excluding hydrogens is 261 g/mol. The molecule has 1 N–H and O–H groups in total. The van der Waals surface area contributed by atoms with E-state index in [4.69, 9.17) is 27.9 Å². The summed E-state index contributed by atoms with van der Waals surface area (Å²) in [5.41, 5.74) is 0. The van der Waals surface area contributed by atoms with Crippen LogP contribution in [0.1, 0.15) is 19.8 Å². The van der Waals surface area contributed by atoms with Gasteiger partial charge in [0.1, 0.15) is 10.8 Å². The Balaban J connectivity index is 1.95. The lowest BCUT2D eigenvalue weighted by atomic mass is 10.00. The average Bonchev–Trinajstić information content (AvgIpc) is 2.77. The molecule has 2 rings (SSSR count). The van der Waals surface area contributed by atoms with Crippen LogP contribution in [0.3, 0.4) is 0 Å². The highest BCUT2D eigenvalue weighted by molar-refractivity contribution is 6.33. The second kappa shape index (κ2) is 5.85. The number of nitrogens with one attached hydrogen (secondary N) is 1. The van der Waals surface area contributed by atoms with Crippen molar-refractivity contribution in [3.05, 3.63) is 16.5 Å². The van der Waals surface area contributed by atoms with Crippen molar-refractivity contribution in [2.24, 2.45) is 5.92 Å². The van der Waals surface area contributed by atoms with E-state index in [0.29, 0.717) is 22.9 Å². The fourth-order valence-corrected chi connectivity index (χ4v) is 2.37. The minimum absolute atomic E-state index is 0.201. The van der Waals surface area contributed by atoms with Gasteiger partial charge in [-0.15, -0.1) is 0 Å². The Morgan fingerprint density at radius 2 is 2.35 bits per heavy atom. The molecule has 1 saturated heterocycles. The topological polar surface area (TPSA) is 47.0 Å². The van der Waals surface area contributed by atoms with Crippen LogP contribution in [0.15, 0.2) is 6.20 Å². The monoisotopic (exact) mass is 275 g/mol. The van der Waals surface area contributed by atoms with Crippen molar-refractivity contribution in [1.29, 1.82) is 0 Å². The molecule has 6 heteroatoms. The van der Waals surface area contributed by atoms with Crippen molar-refractivity contribution < 1.29 is 4.74 Å².